The summed E-state index contributed by atoms with van der Waals surface area (Å²) in [5.74, 6) is -2.99. The van der Waals surface area contributed by atoms with E-state index < -0.39 is 33.8 Å². The van der Waals surface area contributed by atoms with Crippen molar-refractivity contribution in [2.45, 2.75) is 6.92 Å². The molecule has 1 amide bonds. The predicted octanol–water partition coefficient (Wildman–Crippen LogP) is 1.45. The van der Waals surface area contributed by atoms with Crippen LogP contribution in [0.25, 0.3) is 0 Å². The first-order valence-corrected chi connectivity index (χ1v) is 5.50. The molecule has 6 nitrogen and oxygen atoms in total. The van der Waals surface area contributed by atoms with Crippen molar-refractivity contribution in [2.24, 2.45) is 0 Å². The minimum atomic E-state index is -1.33. The van der Waals surface area contributed by atoms with E-state index in [2.05, 4.69) is 5.32 Å². The Hall–Kier alpha value is -2.25. The molecule has 0 heterocycles. The Bertz CT molecular complexity index is 508. The molecule has 0 atom stereocenters. The number of halogens is 2. The number of hydrogen-bond donors (Lipinski definition) is 1. The number of nitrogens with one attached hydrogen (secondary N) is 1. The van der Waals surface area contributed by atoms with Crippen molar-refractivity contribution >= 4 is 17.3 Å². The Morgan fingerprint density at radius 1 is 1.47 bits per heavy atom. The van der Waals surface area contributed by atoms with Crippen LogP contribution in [0.3, 0.4) is 0 Å². The molecule has 104 valence electrons. The first kappa shape index (κ1) is 14.8. The molecule has 0 aliphatic carbocycles. The highest BCUT2D eigenvalue weighted by atomic mass is 19.2. The number of hydrogen-bond acceptors (Lipinski definition) is 4. The highest BCUT2D eigenvalue weighted by Gasteiger charge is 2.26. The Morgan fingerprint density at radius 2 is 2.11 bits per heavy atom. The van der Waals surface area contributed by atoms with Gasteiger partial charge in [0.1, 0.15) is 0 Å². The second-order valence-corrected chi connectivity index (χ2v) is 3.67. The zero-order chi connectivity index (χ0) is 14.6. The maximum atomic E-state index is 13.8. The van der Waals surface area contributed by atoms with E-state index in [9.17, 15) is 23.7 Å². The number of likely N-dealkylation sites (N-methyl/N-ethyl adjacent to an activating group) is 2. The van der Waals surface area contributed by atoms with E-state index in [-0.39, 0.29) is 13.1 Å². The van der Waals surface area contributed by atoms with Gasteiger partial charge in [-0.25, -0.2) is 8.78 Å². The van der Waals surface area contributed by atoms with E-state index >= 15 is 0 Å². The second-order valence-electron chi connectivity index (χ2n) is 3.67. The van der Waals surface area contributed by atoms with Crippen LogP contribution in [-0.4, -0.2) is 31.0 Å². The lowest BCUT2D eigenvalue weighted by Gasteiger charge is -2.22. The number of carbonyl (C=O) groups excluding carboxylic acids is 1. The maximum absolute atomic E-state index is 13.8. The fourth-order valence-corrected chi connectivity index (χ4v) is 1.58. The summed E-state index contributed by atoms with van der Waals surface area (Å²) in [5, 5.41) is 13.2. The second kappa shape index (κ2) is 6.07. The molecule has 1 N–H and O–H groups in total. The highest BCUT2D eigenvalue weighted by molar-refractivity contribution is 5.82. The van der Waals surface area contributed by atoms with Gasteiger partial charge in [-0.1, -0.05) is 0 Å². The number of amides is 1. The molecule has 0 saturated carbocycles. The third-order valence-electron chi connectivity index (χ3n) is 2.56. The molecule has 19 heavy (non-hydrogen) atoms. The smallest absolute Gasteiger partial charge is 0.295 e. The number of nitrogens with zero attached hydrogens (tertiary/aromatic N) is 2. The van der Waals surface area contributed by atoms with Crippen LogP contribution in [0.2, 0.25) is 0 Å². The summed E-state index contributed by atoms with van der Waals surface area (Å²) in [4.78, 5) is 22.4. The van der Waals surface area contributed by atoms with Crippen molar-refractivity contribution in [3.63, 3.8) is 0 Å². The minimum Gasteiger partial charge on any atom is -0.358 e. The number of nitro groups is 1. The average molecular weight is 273 g/mol. The van der Waals surface area contributed by atoms with Crippen LogP contribution in [0, 0.1) is 21.7 Å². The topological polar surface area (TPSA) is 75.5 Å². The van der Waals surface area contributed by atoms with Crippen molar-refractivity contribution in [1.82, 2.24) is 5.32 Å². The Kier molecular flexibility index (Phi) is 4.74. The minimum absolute atomic E-state index is 0.120. The number of anilines is 1. The van der Waals surface area contributed by atoms with E-state index in [0.29, 0.717) is 6.07 Å². The van der Waals surface area contributed by atoms with Gasteiger partial charge in [0.05, 0.1) is 11.5 Å². The lowest BCUT2D eigenvalue weighted by molar-refractivity contribution is -0.384. The van der Waals surface area contributed by atoms with E-state index in [1.165, 1.54) is 7.05 Å². The van der Waals surface area contributed by atoms with Crippen LogP contribution in [0.1, 0.15) is 6.92 Å². The molecule has 0 radical (unpaired) electrons. The fourth-order valence-electron chi connectivity index (χ4n) is 1.58. The summed E-state index contributed by atoms with van der Waals surface area (Å²) < 4.78 is 27.0. The molecule has 0 fully saturated rings. The molecule has 0 aliphatic rings. The van der Waals surface area contributed by atoms with Crippen molar-refractivity contribution in [1.29, 1.82) is 0 Å². The molecule has 1 aromatic rings. The maximum Gasteiger partial charge on any atom is 0.295 e. The number of rotatable bonds is 5. The Labute approximate surface area is 108 Å². The Morgan fingerprint density at radius 3 is 2.58 bits per heavy atom. The van der Waals surface area contributed by atoms with Crippen LogP contribution in [0.4, 0.5) is 20.2 Å². The zero-order valence-electron chi connectivity index (χ0n) is 10.4. The first-order chi connectivity index (χ1) is 8.92. The van der Waals surface area contributed by atoms with Crippen molar-refractivity contribution < 1.29 is 18.5 Å². The van der Waals surface area contributed by atoms with Gasteiger partial charge in [0, 0.05) is 19.7 Å². The van der Waals surface area contributed by atoms with Crippen LogP contribution in [0.15, 0.2) is 12.1 Å². The molecule has 0 bridgehead atoms. The van der Waals surface area contributed by atoms with Crippen molar-refractivity contribution in [2.75, 3.05) is 25.0 Å². The van der Waals surface area contributed by atoms with Gasteiger partial charge in [0.15, 0.2) is 17.3 Å². The number of carbonyl (C=O) groups is 1. The van der Waals surface area contributed by atoms with Gasteiger partial charge in [0.25, 0.3) is 5.69 Å². The summed E-state index contributed by atoms with van der Waals surface area (Å²) in [6.45, 7) is 1.40. The fraction of sp³-hybridized carbons (Fsp3) is 0.364. The third-order valence-corrected chi connectivity index (χ3v) is 2.56. The van der Waals surface area contributed by atoms with Crippen LogP contribution >= 0.6 is 0 Å². The lowest BCUT2D eigenvalue weighted by atomic mass is 10.2. The SMILES string of the molecule is CCN(CC(=O)NC)c1c([N+](=O)[O-])ccc(F)c1F. The Balaban J connectivity index is 3.31. The van der Waals surface area contributed by atoms with Crippen molar-refractivity contribution in [3.05, 3.63) is 33.9 Å². The average Bonchev–Trinajstić information content (AvgIpc) is 2.38. The van der Waals surface area contributed by atoms with E-state index in [1.807, 2.05) is 0 Å². The largest absolute Gasteiger partial charge is 0.358 e. The van der Waals surface area contributed by atoms with Crippen LogP contribution in [0.5, 0.6) is 0 Å². The quantitative estimate of drug-likeness (QED) is 0.650. The molecular formula is C11H13F2N3O3. The summed E-state index contributed by atoms with van der Waals surface area (Å²) in [5.41, 5.74) is -1.10. The molecule has 0 spiro atoms. The summed E-state index contributed by atoms with van der Waals surface area (Å²) in [7, 11) is 1.38. The number of nitro benzene ring substituents is 1. The van der Waals surface area contributed by atoms with Crippen LogP contribution < -0.4 is 10.2 Å². The molecule has 0 aliphatic heterocycles. The van der Waals surface area contributed by atoms with Gasteiger partial charge < -0.3 is 10.2 Å². The number of benzene rings is 1. The van der Waals surface area contributed by atoms with Gasteiger partial charge >= 0.3 is 0 Å². The summed E-state index contributed by atoms with van der Waals surface area (Å²) in [6, 6.07) is 1.56. The molecule has 1 rings (SSSR count). The molecular weight excluding hydrogens is 260 g/mol. The lowest BCUT2D eigenvalue weighted by Crippen LogP contribution is -2.36. The van der Waals surface area contributed by atoms with Gasteiger partial charge in [-0.3, -0.25) is 14.9 Å². The van der Waals surface area contributed by atoms with E-state index in [0.717, 1.165) is 11.0 Å². The van der Waals surface area contributed by atoms with Gasteiger partial charge in [-0.2, -0.15) is 0 Å². The van der Waals surface area contributed by atoms with Gasteiger partial charge in [-0.15, -0.1) is 0 Å². The molecule has 8 heteroatoms. The standard InChI is InChI=1S/C11H13F2N3O3/c1-3-15(6-9(17)14-2)11-8(16(18)19)5-4-7(12)10(11)13/h4-5H,3,6H2,1-2H3,(H,14,17). The zero-order valence-corrected chi connectivity index (χ0v) is 10.4. The van der Waals surface area contributed by atoms with Crippen molar-refractivity contribution in [3.8, 4) is 0 Å². The molecule has 1 aromatic carbocycles. The van der Waals surface area contributed by atoms with E-state index in [1.54, 1.807) is 6.92 Å². The van der Waals surface area contributed by atoms with E-state index in [4.69, 9.17) is 0 Å². The normalized spacial score (nSPS) is 10.1. The predicted molar refractivity (Wildman–Crippen MR) is 65.0 cm³/mol. The third kappa shape index (κ3) is 3.15. The molecule has 0 unspecified atom stereocenters. The molecule has 0 saturated heterocycles. The summed E-state index contributed by atoms with van der Waals surface area (Å²) in [6.07, 6.45) is 0. The monoisotopic (exact) mass is 273 g/mol. The summed E-state index contributed by atoms with van der Waals surface area (Å²) >= 11 is 0. The highest BCUT2D eigenvalue weighted by Crippen LogP contribution is 2.32. The van der Waals surface area contributed by atoms with Crippen LogP contribution in [-0.2, 0) is 4.79 Å². The van der Waals surface area contributed by atoms with Gasteiger partial charge in [0.2, 0.25) is 5.91 Å². The first-order valence-electron chi connectivity index (χ1n) is 5.50. The van der Waals surface area contributed by atoms with Gasteiger partial charge in [-0.05, 0) is 13.0 Å². The molecule has 0 aromatic heterocycles.